The molecule has 0 radical (unpaired) electrons. The summed E-state index contributed by atoms with van der Waals surface area (Å²) in [5.74, 6) is 1.01. The molecule has 2 nitrogen and oxygen atoms in total. The number of halogens is 1. The van der Waals surface area contributed by atoms with Gasteiger partial charge in [-0.05, 0) is 38.9 Å². The van der Waals surface area contributed by atoms with Gasteiger partial charge < -0.3 is 10.2 Å². The van der Waals surface area contributed by atoms with E-state index in [-0.39, 0.29) is 12.4 Å². The van der Waals surface area contributed by atoms with E-state index < -0.39 is 0 Å². The molecule has 2 atom stereocenters. The fraction of sp³-hybridized carbons (Fsp3) is 1.00. The minimum absolute atomic E-state index is 0. The summed E-state index contributed by atoms with van der Waals surface area (Å²) < 4.78 is 0. The summed E-state index contributed by atoms with van der Waals surface area (Å²) in [6, 6.07) is 0.855. The van der Waals surface area contributed by atoms with Crippen molar-refractivity contribution in [3.63, 3.8) is 0 Å². The van der Waals surface area contributed by atoms with Crippen molar-refractivity contribution in [2.45, 2.75) is 18.9 Å². The third-order valence-corrected chi connectivity index (χ3v) is 3.01. The van der Waals surface area contributed by atoms with Crippen molar-refractivity contribution in [2.75, 3.05) is 26.7 Å². The highest BCUT2D eigenvalue weighted by Crippen LogP contribution is 2.26. The standard InChI is InChI=1S/C8H16N2.ClH/c1-10-5-3-7-2-4-9-6-8(7)10;/h7-9H,2-6H2,1H3;1H/t7-,8-;/m1./s1. The van der Waals surface area contributed by atoms with Crippen LogP contribution >= 0.6 is 12.4 Å². The molecule has 2 heterocycles. The highest BCUT2D eigenvalue weighted by atomic mass is 35.5. The van der Waals surface area contributed by atoms with Crippen molar-refractivity contribution in [1.29, 1.82) is 0 Å². The number of nitrogens with zero attached hydrogens (tertiary/aromatic N) is 1. The molecule has 0 amide bonds. The van der Waals surface area contributed by atoms with E-state index in [1.54, 1.807) is 0 Å². The van der Waals surface area contributed by atoms with Crippen LogP contribution in [-0.2, 0) is 0 Å². The number of nitrogens with one attached hydrogen (secondary N) is 1. The summed E-state index contributed by atoms with van der Waals surface area (Å²) in [5, 5.41) is 3.44. The van der Waals surface area contributed by atoms with Gasteiger partial charge in [-0.2, -0.15) is 0 Å². The Morgan fingerprint density at radius 3 is 2.91 bits per heavy atom. The number of piperidine rings is 1. The van der Waals surface area contributed by atoms with E-state index in [1.165, 1.54) is 32.5 Å². The average Bonchev–Trinajstić information content (AvgIpc) is 2.34. The van der Waals surface area contributed by atoms with Crippen molar-refractivity contribution in [3.8, 4) is 0 Å². The molecule has 0 aromatic rings. The fourth-order valence-electron chi connectivity index (χ4n) is 2.28. The molecule has 0 saturated carbocycles. The molecular weight excluding hydrogens is 160 g/mol. The maximum absolute atomic E-state index is 3.44. The lowest BCUT2D eigenvalue weighted by molar-refractivity contribution is 0.229. The predicted molar refractivity (Wildman–Crippen MR) is 49.3 cm³/mol. The summed E-state index contributed by atoms with van der Waals surface area (Å²) in [6.07, 6.45) is 2.83. The molecule has 2 aliphatic rings. The minimum Gasteiger partial charge on any atom is -0.315 e. The Kier molecular flexibility index (Phi) is 3.16. The first-order chi connectivity index (χ1) is 4.88. The predicted octanol–water partition coefficient (Wildman–Crippen LogP) is 0.722. The molecule has 2 rings (SSSR count). The third-order valence-electron chi connectivity index (χ3n) is 3.01. The second-order valence-electron chi connectivity index (χ2n) is 3.59. The van der Waals surface area contributed by atoms with Crippen LogP contribution in [0.5, 0.6) is 0 Å². The van der Waals surface area contributed by atoms with Gasteiger partial charge in [0.25, 0.3) is 0 Å². The van der Waals surface area contributed by atoms with Crippen LogP contribution in [-0.4, -0.2) is 37.6 Å². The van der Waals surface area contributed by atoms with Crippen LogP contribution in [0, 0.1) is 5.92 Å². The largest absolute Gasteiger partial charge is 0.315 e. The number of likely N-dealkylation sites (tertiary alicyclic amines) is 1. The molecule has 11 heavy (non-hydrogen) atoms. The third kappa shape index (κ3) is 1.68. The lowest BCUT2D eigenvalue weighted by Gasteiger charge is -2.29. The van der Waals surface area contributed by atoms with E-state index >= 15 is 0 Å². The molecular formula is C8H17ClN2. The summed E-state index contributed by atoms with van der Waals surface area (Å²) in [6.45, 7) is 3.78. The van der Waals surface area contributed by atoms with E-state index in [4.69, 9.17) is 0 Å². The lowest BCUT2D eigenvalue weighted by Crippen LogP contribution is -2.44. The molecule has 2 fully saturated rings. The van der Waals surface area contributed by atoms with Gasteiger partial charge >= 0.3 is 0 Å². The van der Waals surface area contributed by atoms with E-state index in [2.05, 4.69) is 17.3 Å². The Hall–Kier alpha value is 0.210. The van der Waals surface area contributed by atoms with E-state index in [0.717, 1.165) is 12.0 Å². The van der Waals surface area contributed by atoms with Gasteiger partial charge in [-0.3, -0.25) is 0 Å². The molecule has 0 aliphatic carbocycles. The first kappa shape index (κ1) is 9.30. The number of likely N-dealkylation sites (N-methyl/N-ethyl adjacent to an activating group) is 1. The van der Waals surface area contributed by atoms with Crippen LogP contribution in [0.2, 0.25) is 0 Å². The molecule has 66 valence electrons. The summed E-state index contributed by atoms with van der Waals surface area (Å²) >= 11 is 0. The molecule has 2 aliphatic heterocycles. The van der Waals surface area contributed by atoms with Crippen LogP contribution in [0.1, 0.15) is 12.8 Å². The van der Waals surface area contributed by atoms with Crippen LogP contribution in [0.25, 0.3) is 0 Å². The first-order valence-electron chi connectivity index (χ1n) is 4.29. The Balaban J connectivity index is 0.000000605. The summed E-state index contributed by atoms with van der Waals surface area (Å²) in [4.78, 5) is 2.50. The minimum atomic E-state index is 0. The second-order valence-corrected chi connectivity index (χ2v) is 3.59. The molecule has 0 aromatic heterocycles. The van der Waals surface area contributed by atoms with Crippen molar-refractivity contribution >= 4 is 12.4 Å². The number of hydrogen-bond acceptors (Lipinski definition) is 2. The molecule has 0 unspecified atom stereocenters. The zero-order valence-corrected chi connectivity index (χ0v) is 7.86. The van der Waals surface area contributed by atoms with Gasteiger partial charge in [0.2, 0.25) is 0 Å². The molecule has 2 saturated heterocycles. The van der Waals surface area contributed by atoms with Crippen LogP contribution in [0.4, 0.5) is 0 Å². The van der Waals surface area contributed by atoms with Crippen molar-refractivity contribution in [1.82, 2.24) is 10.2 Å². The quantitative estimate of drug-likeness (QED) is 0.586. The molecule has 1 N–H and O–H groups in total. The zero-order chi connectivity index (χ0) is 6.97. The van der Waals surface area contributed by atoms with Gasteiger partial charge in [-0.15, -0.1) is 12.4 Å². The van der Waals surface area contributed by atoms with Crippen molar-refractivity contribution in [2.24, 2.45) is 5.92 Å². The molecule has 3 heteroatoms. The van der Waals surface area contributed by atoms with Crippen LogP contribution in [0.3, 0.4) is 0 Å². The van der Waals surface area contributed by atoms with Crippen LogP contribution < -0.4 is 5.32 Å². The zero-order valence-electron chi connectivity index (χ0n) is 7.05. The van der Waals surface area contributed by atoms with Crippen LogP contribution in [0.15, 0.2) is 0 Å². The maximum Gasteiger partial charge on any atom is 0.0246 e. The molecule has 0 aromatic carbocycles. The highest BCUT2D eigenvalue weighted by Gasteiger charge is 2.32. The monoisotopic (exact) mass is 176 g/mol. The topological polar surface area (TPSA) is 15.3 Å². The van der Waals surface area contributed by atoms with Gasteiger partial charge in [-0.25, -0.2) is 0 Å². The number of rotatable bonds is 0. The Morgan fingerprint density at radius 2 is 2.18 bits per heavy atom. The number of hydrogen-bond donors (Lipinski definition) is 1. The average molecular weight is 177 g/mol. The normalized spacial score (nSPS) is 37.9. The summed E-state index contributed by atoms with van der Waals surface area (Å²) in [5.41, 5.74) is 0. The first-order valence-corrected chi connectivity index (χ1v) is 4.29. The van der Waals surface area contributed by atoms with E-state index in [9.17, 15) is 0 Å². The molecule has 0 spiro atoms. The maximum atomic E-state index is 3.44. The van der Waals surface area contributed by atoms with E-state index in [1.807, 2.05) is 0 Å². The number of fused-ring (bicyclic) bond motifs is 1. The SMILES string of the molecule is CN1CC[C@H]2CCNC[C@H]21.Cl. The van der Waals surface area contributed by atoms with Crippen molar-refractivity contribution in [3.05, 3.63) is 0 Å². The van der Waals surface area contributed by atoms with Gasteiger partial charge in [-0.1, -0.05) is 0 Å². The Labute approximate surface area is 74.7 Å². The Bertz CT molecular complexity index is 127. The van der Waals surface area contributed by atoms with E-state index in [0.29, 0.717) is 0 Å². The Morgan fingerprint density at radius 1 is 1.36 bits per heavy atom. The fourth-order valence-corrected chi connectivity index (χ4v) is 2.28. The van der Waals surface area contributed by atoms with Crippen molar-refractivity contribution < 1.29 is 0 Å². The molecule has 0 bridgehead atoms. The highest BCUT2D eigenvalue weighted by molar-refractivity contribution is 5.85. The second kappa shape index (κ2) is 3.74. The smallest absolute Gasteiger partial charge is 0.0246 e. The van der Waals surface area contributed by atoms with Gasteiger partial charge in [0.1, 0.15) is 0 Å². The summed E-state index contributed by atoms with van der Waals surface area (Å²) in [7, 11) is 2.25. The lowest BCUT2D eigenvalue weighted by atomic mass is 9.94. The van der Waals surface area contributed by atoms with Gasteiger partial charge in [0.05, 0.1) is 0 Å². The van der Waals surface area contributed by atoms with Gasteiger partial charge in [0, 0.05) is 12.6 Å². The van der Waals surface area contributed by atoms with Gasteiger partial charge in [0.15, 0.2) is 0 Å².